The van der Waals surface area contributed by atoms with Crippen LogP contribution in [0.5, 0.6) is 5.75 Å². The number of aromatic nitrogens is 1. The maximum Gasteiger partial charge on any atom is 0.134 e. The lowest BCUT2D eigenvalue weighted by atomic mass is 9.81. The lowest BCUT2D eigenvalue weighted by molar-refractivity contribution is -0.0785. The monoisotopic (exact) mass is 316 g/mol. The minimum Gasteiger partial charge on any atom is -0.487 e. The second-order valence-electron chi connectivity index (χ2n) is 6.93. The molecule has 1 aliphatic rings. The van der Waals surface area contributed by atoms with Gasteiger partial charge in [-0.15, -0.1) is 0 Å². The molecule has 1 saturated heterocycles. The molecule has 0 amide bonds. The zero-order valence-corrected chi connectivity index (χ0v) is 14.2. The van der Waals surface area contributed by atoms with Crippen LogP contribution in [0.15, 0.2) is 12.1 Å². The molecule has 2 heterocycles. The van der Waals surface area contributed by atoms with Gasteiger partial charge in [0.1, 0.15) is 21.7 Å². The average molecular weight is 317 g/mol. The Labute approximate surface area is 131 Å². The first kappa shape index (κ1) is 15.9. The third-order valence-electron chi connectivity index (χ3n) is 3.93. The molecule has 0 aromatic carbocycles. The van der Waals surface area contributed by atoms with Crippen LogP contribution in [-0.4, -0.2) is 34.1 Å². The van der Waals surface area contributed by atoms with Crippen molar-refractivity contribution in [1.29, 1.82) is 0 Å². The molecule has 3 nitrogen and oxygen atoms in total. The Morgan fingerprint density at radius 3 is 2.05 bits per heavy atom. The number of nitrogens with zero attached hydrogens (tertiary/aromatic N) is 2. The van der Waals surface area contributed by atoms with E-state index in [1.165, 1.54) is 0 Å². The molecule has 1 aromatic rings. The number of hydrogen-bond donors (Lipinski definition) is 0. The molecule has 20 heavy (non-hydrogen) atoms. The number of ether oxygens (including phenoxy) is 1. The zero-order chi connectivity index (χ0) is 15.1. The predicted octanol–water partition coefficient (Wildman–Crippen LogP) is 4.28. The van der Waals surface area contributed by atoms with E-state index in [0.29, 0.717) is 22.0 Å². The van der Waals surface area contributed by atoms with Crippen LogP contribution in [0, 0.1) is 5.92 Å². The van der Waals surface area contributed by atoms with Gasteiger partial charge >= 0.3 is 0 Å². The van der Waals surface area contributed by atoms with E-state index >= 15 is 0 Å². The van der Waals surface area contributed by atoms with E-state index in [9.17, 15) is 0 Å². The topological polar surface area (TPSA) is 25.4 Å². The second-order valence-corrected chi connectivity index (χ2v) is 7.70. The summed E-state index contributed by atoms with van der Waals surface area (Å²) in [7, 11) is 0. The summed E-state index contributed by atoms with van der Waals surface area (Å²) >= 11 is 11.8. The summed E-state index contributed by atoms with van der Waals surface area (Å²) in [5.41, 5.74) is -0.0361. The average Bonchev–Trinajstić information content (AvgIpc) is 2.07. The van der Waals surface area contributed by atoms with Crippen molar-refractivity contribution in [2.24, 2.45) is 5.92 Å². The van der Waals surface area contributed by atoms with Gasteiger partial charge in [-0.3, -0.25) is 4.90 Å². The minimum atomic E-state index is -0.254. The van der Waals surface area contributed by atoms with E-state index in [1.54, 1.807) is 12.1 Å². The van der Waals surface area contributed by atoms with Crippen molar-refractivity contribution in [3.05, 3.63) is 22.4 Å². The van der Waals surface area contributed by atoms with Crippen LogP contribution in [0.3, 0.4) is 0 Å². The Morgan fingerprint density at radius 2 is 1.60 bits per heavy atom. The smallest absolute Gasteiger partial charge is 0.134 e. The molecule has 1 aromatic heterocycles. The van der Waals surface area contributed by atoms with Crippen molar-refractivity contribution in [2.75, 3.05) is 13.1 Å². The Morgan fingerprint density at radius 1 is 1.10 bits per heavy atom. The third-order valence-corrected chi connectivity index (χ3v) is 4.32. The van der Waals surface area contributed by atoms with Crippen LogP contribution < -0.4 is 4.74 Å². The number of pyridine rings is 1. The summed E-state index contributed by atoms with van der Waals surface area (Å²) < 4.78 is 6.09. The van der Waals surface area contributed by atoms with E-state index in [2.05, 4.69) is 44.5 Å². The van der Waals surface area contributed by atoms with Gasteiger partial charge in [0.15, 0.2) is 0 Å². The summed E-state index contributed by atoms with van der Waals surface area (Å²) in [6.45, 7) is 13.0. The van der Waals surface area contributed by atoms with Crippen LogP contribution in [0.1, 0.15) is 34.6 Å². The summed E-state index contributed by atoms with van der Waals surface area (Å²) in [5.74, 6) is 1.17. The molecule has 0 radical (unpaired) electrons. The highest BCUT2D eigenvalue weighted by molar-refractivity contribution is 6.32. The van der Waals surface area contributed by atoms with E-state index in [0.717, 1.165) is 13.1 Å². The van der Waals surface area contributed by atoms with Crippen molar-refractivity contribution in [3.8, 4) is 5.75 Å². The molecule has 1 fully saturated rings. The van der Waals surface area contributed by atoms with E-state index in [4.69, 9.17) is 27.9 Å². The minimum absolute atomic E-state index is 0.218. The van der Waals surface area contributed by atoms with Crippen molar-refractivity contribution >= 4 is 23.2 Å². The fraction of sp³-hybridized carbons (Fsp3) is 0.667. The van der Waals surface area contributed by atoms with E-state index < -0.39 is 0 Å². The van der Waals surface area contributed by atoms with Crippen LogP contribution in [0.2, 0.25) is 10.3 Å². The van der Waals surface area contributed by atoms with Gasteiger partial charge in [-0.25, -0.2) is 4.98 Å². The molecule has 0 unspecified atom stereocenters. The zero-order valence-electron chi connectivity index (χ0n) is 12.7. The predicted molar refractivity (Wildman–Crippen MR) is 83.8 cm³/mol. The summed E-state index contributed by atoms with van der Waals surface area (Å²) in [5, 5.41) is 0.710. The fourth-order valence-corrected chi connectivity index (χ4v) is 2.80. The molecule has 1 aliphatic heterocycles. The van der Waals surface area contributed by atoms with Gasteiger partial charge in [0.25, 0.3) is 0 Å². The number of rotatable bonds is 3. The van der Waals surface area contributed by atoms with Crippen molar-refractivity contribution in [3.63, 3.8) is 0 Å². The molecule has 0 N–H and O–H groups in total. The van der Waals surface area contributed by atoms with Crippen LogP contribution >= 0.6 is 23.2 Å². The number of halogens is 2. The molecule has 0 aliphatic carbocycles. The largest absolute Gasteiger partial charge is 0.487 e. The Bertz CT molecular complexity index is 471. The first-order valence-electron chi connectivity index (χ1n) is 6.85. The molecule has 2 rings (SSSR count). The first-order valence-corrected chi connectivity index (χ1v) is 7.61. The fourth-order valence-electron chi connectivity index (χ4n) is 2.36. The first-order chi connectivity index (χ1) is 9.08. The van der Waals surface area contributed by atoms with Gasteiger partial charge in [0.05, 0.1) is 0 Å². The van der Waals surface area contributed by atoms with Gasteiger partial charge < -0.3 is 4.74 Å². The standard InChI is InChI=1S/C15H22Cl2N2O/c1-14(2,3)19-8-10(9-19)15(4,5)20-11-6-12(16)18-13(17)7-11/h6-7,10H,8-9H2,1-5H3. The van der Waals surface area contributed by atoms with E-state index in [1.807, 2.05) is 0 Å². The highest BCUT2D eigenvalue weighted by Crippen LogP contribution is 2.36. The van der Waals surface area contributed by atoms with Crippen LogP contribution in [0.4, 0.5) is 0 Å². The molecule has 112 valence electrons. The van der Waals surface area contributed by atoms with Gasteiger partial charge in [0.2, 0.25) is 0 Å². The summed E-state index contributed by atoms with van der Waals surface area (Å²) in [6, 6.07) is 3.41. The Balaban J connectivity index is 2.02. The van der Waals surface area contributed by atoms with Gasteiger partial charge in [-0.05, 0) is 34.6 Å². The van der Waals surface area contributed by atoms with E-state index in [-0.39, 0.29) is 11.1 Å². The molecule has 0 saturated carbocycles. The summed E-state index contributed by atoms with van der Waals surface area (Å²) in [4.78, 5) is 6.38. The molecular formula is C15H22Cl2N2O. The van der Waals surface area contributed by atoms with Crippen LogP contribution in [-0.2, 0) is 0 Å². The third kappa shape index (κ3) is 3.57. The summed E-state index contributed by atoms with van der Waals surface area (Å²) in [6.07, 6.45) is 0. The van der Waals surface area contributed by atoms with Gasteiger partial charge in [-0.1, -0.05) is 23.2 Å². The number of hydrogen-bond acceptors (Lipinski definition) is 3. The SMILES string of the molecule is CC(C)(Oc1cc(Cl)nc(Cl)c1)C1CN(C(C)(C)C)C1. The molecule has 5 heteroatoms. The van der Waals surface area contributed by atoms with Gasteiger partial charge in [-0.2, -0.15) is 0 Å². The lowest BCUT2D eigenvalue weighted by Crippen LogP contribution is -2.62. The van der Waals surface area contributed by atoms with Crippen molar-refractivity contribution in [1.82, 2.24) is 9.88 Å². The quantitative estimate of drug-likeness (QED) is 0.778. The number of likely N-dealkylation sites (tertiary alicyclic amines) is 1. The highest BCUT2D eigenvalue weighted by Gasteiger charge is 2.44. The second kappa shape index (κ2) is 5.36. The van der Waals surface area contributed by atoms with Crippen molar-refractivity contribution in [2.45, 2.75) is 45.8 Å². The Kier molecular flexibility index (Phi) is 4.25. The maximum absolute atomic E-state index is 6.09. The molecular weight excluding hydrogens is 295 g/mol. The Hall–Kier alpha value is -0.510. The lowest BCUT2D eigenvalue weighted by Gasteiger charge is -2.52. The maximum atomic E-state index is 6.09. The molecule has 0 atom stereocenters. The normalized spacial score (nSPS) is 17.9. The molecule has 0 bridgehead atoms. The highest BCUT2D eigenvalue weighted by atomic mass is 35.5. The van der Waals surface area contributed by atoms with Crippen molar-refractivity contribution < 1.29 is 4.74 Å². The van der Waals surface area contributed by atoms with Crippen LogP contribution in [0.25, 0.3) is 0 Å². The van der Waals surface area contributed by atoms with Gasteiger partial charge in [0, 0.05) is 36.7 Å². The molecule has 0 spiro atoms.